The Labute approximate surface area is 209 Å². The highest BCUT2D eigenvalue weighted by atomic mass is 19.4. The summed E-state index contributed by atoms with van der Waals surface area (Å²) in [6, 6.07) is 9.66. The van der Waals surface area contributed by atoms with Gasteiger partial charge in [-0.3, -0.25) is 4.79 Å². The van der Waals surface area contributed by atoms with Crippen LogP contribution in [0.2, 0.25) is 0 Å². The number of halogens is 5. The van der Waals surface area contributed by atoms with E-state index in [-0.39, 0.29) is 35.8 Å². The second-order valence-electron chi connectivity index (χ2n) is 7.85. The van der Waals surface area contributed by atoms with Crippen LogP contribution in [-0.2, 0) is 4.79 Å². The molecule has 0 aliphatic carbocycles. The number of hydrogen-bond acceptors (Lipinski definition) is 7. The molecule has 37 heavy (non-hydrogen) atoms. The van der Waals surface area contributed by atoms with Gasteiger partial charge in [0.05, 0.1) is 19.3 Å². The number of ether oxygens (including phenoxy) is 3. The first-order valence-electron chi connectivity index (χ1n) is 10.9. The summed E-state index contributed by atoms with van der Waals surface area (Å²) in [5.41, 5.74) is 0.542. The van der Waals surface area contributed by atoms with E-state index in [2.05, 4.69) is 0 Å². The maximum Gasteiger partial charge on any atom is 0.453 e. The number of rotatable bonds is 12. The average Bonchev–Trinajstić information content (AvgIpc) is 2.85. The van der Waals surface area contributed by atoms with E-state index in [1.54, 1.807) is 0 Å². The van der Waals surface area contributed by atoms with E-state index in [0.717, 1.165) is 6.08 Å². The number of carbonyl (C=O) groups excluding carboxylic acids is 2. The van der Waals surface area contributed by atoms with Gasteiger partial charge in [-0.2, -0.15) is 22.0 Å². The largest absolute Gasteiger partial charge is 0.494 e. The van der Waals surface area contributed by atoms with Crippen molar-refractivity contribution in [2.45, 2.75) is 44.1 Å². The molecule has 0 atom stereocenters. The first-order valence-corrected chi connectivity index (χ1v) is 10.9. The van der Waals surface area contributed by atoms with Gasteiger partial charge in [0.25, 0.3) is 0 Å². The Morgan fingerprint density at radius 1 is 0.973 bits per heavy atom. The van der Waals surface area contributed by atoms with E-state index in [0.29, 0.717) is 5.56 Å². The van der Waals surface area contributed by atoms with E-state index < -0.39 is 42.5 Å². The number of alkyl halides is 5. The molecule has 0 amide bonds. The van der Waals surface area contributed by atoms with Crippen LogP contribution in [0, 0.1) is 0 Å². The fourth-order valence-electron chi connectivity index (χ4n) is 2.82. The Kier molecular flexibility index (Phi) is 9.76. The van der Waals surface area contributed by atoms with Crippen molar-refractivity contribution >= 4 is 17.8 Å². The van der Waals surface area contributed by atoms with Crippen molar-refractivity contribution in [2.75, 3.05) is 13.7 Å². The van der Waals surface area contributed by atoms with Crippen LogP contribution in [0.5, 0.6) is 17.2 Å². The smallest absolute Gasteiger partial charge is 0.453 e. The van der Waals surface area contributed by atoms with Gasteiger partial charge in [-0.25, -0.2) is 4.79 Å². The minimum atomic E-state index is -5.62. The Hall–Kier alpha value is -3.51. The quantitative estimate of drug-likeness (QED) is 0.0997. The molecule has 0 unspecified atom stereocenters. The lowest BCUT2D eigenvalue weighted by atomic mass is 10.1. The molecule has 202 valence electrons. The minimum Gasteiger partial charge on any atom is -0.494 e. The van der Waals surface area contributed by atoms with Gasteiger partial charge in [-0.05, 0) is 54.5 Å². The van der Waals surface area contributed by atoms with Gasteiger partial charge < -0.3 is 24.4 Å². The van der Waals surface area contributed by atoms with E-state index in [1.165, 1.54) is 62.6 Å². The summed E-state index contributed by atoms with van der Waals surface area (Å²) >= 11 is 0. The standard InChI is InChI=1S/C25H25F5O7/c1-3-23(33,34)21(31)12-6-16-5-11-19(20(15-16)35-2)37-22(32)17-7-9-18(10-8-17)36-14-4-13-24(26,27)25(28,29)30/h5-12,15,33-34H,3-4,13-14H2,1-2H3/b12-6+. The van der Waals surface area contributed by atoms with Crippen LogP contribution in [-0.4, -0.2) is 53.6 Å². The Morgan fingerprint density at radius 2 is 1.62 bits per heavy atom. The molecule has 2 N–H and O–H groups in total. The Balaban J connectivity index is 1.97. The highest BCUT2D eigenvalue weighted by Crippen LogP contribution is 2.38. The lowest BCUT2D eigenvalue weighted by Gasteiger charge is -2.19. The minimum absolute atomic E-state index is 0.0501. The zero-order valence-corrected chi connectivity index (χ0v) is 19.9. The number of aliphatic hydroxyl groups is 2. The van der Waals surface area contributed by atoms with E-state index in [9.17, 15) is 41.8 Å². The van der Waals surface area contributed by atoms with Crippen LogP contribution < -0.4 is 14.2 Å². The van der Waals surface area contributed by atoms with E-state index >= 15 is 0 Å². The molecular formula is C25H25F5O7. The van der Waals surface area contributed by atoms with Gasteiger partial charge in [-0.15, -0.1) is 0 Å². The van der Waals surface area contributed by atoms with Gasteiger partial charge in [0.2, 0.25) is 11.6 Å². The van der Waals surface area contributed by atoms with Crippen LogP contribution in [0.4, 0.5) is 22.0 Å². The van der Waals surface area contributed by atoms with Crippen molar-refractivity contribution < 1.29 is 56.0 Å². The van der Waals surface area contributed by atoms with Gasteiger partial charge in [0.15, 0.2) is 11.5 Å². The molecule has 0 bridgehead atoms. The van der Waals surface area contributed by atoms with Crippen molar-refractivity contribution in [3.8, 4) is 17.2 Å². The molecule has 0 saturated carbocycles. The Bertz CT molecular complexity index is 1110. The molecule has 0 heterocycles. The van der Waals surface area contributed by atoms with Gasteiger partial charge in [0, 0.05) is 12.8 Å². The SMILES string of the molecule is CCC(O)(O)C(=O)/C=C/c1ccc(OC(=O)c2ccc(OCCCC(F)(F)C(F)(F)F)cc2)c(OC)c1. The number of benzene rings is 2. The van der Waals surface area contributed by atoms with Crippen LogP contribution in [0.1, 0.15) is 42.1 Å². The molecular weight excluding hydrogens is 507 g/mol. The molecule has 0 aromatic heterocycles. The summed E-state index contributed by atoms with van der Waals surface area (Å²) in [5, 5.41) is 19.1. The predicted molar refractivity (Wildman–Crippen MR) is 122 cm³/mol. The summed E-state index contributed by atoms with van der Waals surface area (Å²) < 4.78 is 78.0. The number of esters is 1. The zero-order chi connectivity index (χ0) is 27.9. The van der Waals surface area contributed by atoms with Crippen molar-refractivity contribution in [1.29, 1.82) is 0 Å². The summed E-state index contributed by atoms with van der Waals surface area (Å²) in [6.45, 7) is 1.06. The number of ketones is 1. The Morgan fingerprint density at radius 3 is 2.19 bits per heavy atom. The molecule has 2 aromatic carbocycles. The number of methoxy groups -OCH3 is 1. The van der Waals surface area contributed by atoms with Gasteiger partial charge in [-0.1, -0.05) is 19.1 Å². The van der Waals surface area contributed by atoms with E-state index in [4.69, 9.17) is 14.2 Å². The monoisotopic (exact) mass is 532 g/mol. The first-order chi connectivity index (χ1) is 17.2. The van der Waals surface area contributed by atoms with Crippen molar-refractivity contribution in [2.24, 2.45) is 0 Å². The molecule has 0 fully saturated rings. The lowest BCUT2D eigenvalue weighted by Crippen LogP contribution is -2.36. The third-order valence-electron chi connectivity index (χ3n) is 5.11. The maximum atomic E-state index is 12.9. The first kappa shape index (κ1) is 29.7. The molecule has 0 spiro atoms. The molecule has 7 nitrogen and oxygen atoms in total. The fourth-order valence-corrected chi connectivity index (χ4v) is 2.82. The predicted octanol–water partition coefficient (Wildman–Crippen LogP) is 4.94. The lowest BCUT2D eigenvalue weighted by molar-refractivity contribution is -0.284. The van der Waals surface area contributed by atoms with Crippen molar-refractivity contribution in [3.05, 3.63) is 59.7 Å². The number of carbonyl (C=O) groups is 2. The zero-order valence-electron chi connectivity index (χ0n) is 19.9. The summed E-state index contributed by atoms with van der Waals surface area (Å²) in [7, 11) is 1.32. The van der Waals surface area contributed by atoms with Crippen LogP contribution in [0.3, 0.4) is 0 Å². The molecule has 2 rings (SSSR count). The summed E-state index contributed by atoms with van der Waals surface area (Å²) in [5.74, 6) is -8.59. The molecule has 12 heteroatoms. The summed E-state index contributed by atoms with van der Waals surface area (Å²) in [6.07, 6.45) is -5.42. The van der Waals surface area contributed by atoms with Crippen LogP contribution >= 0.6 is 0 Å². The van der Waals surface area contributed by atoms with Crippen LogP contribution in [0.25, 0.3) is 6.08 Å². The second kappa shape index (κ2) is 12.2. The second-order valence-corrected chi connectivity index (χ2v) is 7.85. The maximum absolute atomic E-state index is 12.9. The van der Waals surface area contributed by atoms with E-state index in [1.807, 2.05) is 0 Å². The normalized spacial score (nSPS) is 12.5. The third-order valence-corrected chi connectivity index (χ3v) is 5.11. The molecule has 2 aromatic rings. The number of hydrogen-bond donors (Lipinski definition) is 2. The molecule has 0 aliphatic heterocycles. The molecule has 0 saturated heterocycles. The van der Waals surface area contributed by atoms with Gasteiger partial charge in [0.1, 0.15) is 5.75 Å². The average molecular weight is 532 g/mol. The van der Waals surface area contributed by atoms with Crippen molar-refractivity contribution in [3.63, 3.8) is 0 Å². The fraction of sp³-hybridized carbons (Fsp3) is 0.360. The van der Waals surface area contributed by atoms with Gasteiger partial charge >= 0.3 is 18.1 Å². The third kappa shape index (κ3) is 8.25. The highest BCUT2D eigenvalue weighted by molar-refractivity contribution is 5.98. The summed E-state index contributed by atoms with van der Waals surface area (Å²) in [4.78, 5) is 24.3. The molecule has 0 aliphatic rings. The molecule has 0 radical (unpaired) electrons. The highest BCUT2D eigenvalue weighted by Gasteiger charge is 2.56. The van der Waals surface area contributed by atoms with Crippen LogP contribution in [0.15, 0.2) is 48.5 Å². The topological polar surface area (TPSA) is 102 Å². The van der Waals surface area contributed by atoms with Crippen molar-refractivity contribution in [1.82, 2.24) is 0 Å².